The van der Waals surface area contributed by atoms with Crippen LogP contribution in [0.3, 0.4) is 0 Å². The van der Waals surface area contributed by atoms with Gasteiger partial charge in [-0.25, -0.2) is 9.97 Å². The Bertz CT molecular complexity index is 1090. The van der Waals surface area contributed by atoms with Gasteiger partial charge in [-0.05, 0) is 49.9 Å². The lowest BCUT2D eigenvalue weighted by atomic mass is 9.93. The predicted octanol–water partition coefficient (Wildman–Crippen LogP) is 3.87. The van der Waals surface area contributed by atoms with Crippen molar-refractivity contribution >= 4 is 11.9 Å². The van der Waals surface area contributed by atoms with Crippen molar-refractivity contribution in [2.75, 3.05) is 32.6 Å². The van der Waals surface area contributed by atoms with Gasteiger partial charge in [0.05, 0.1) is 24.5 Å². The standard InChI is InChI=1S/C25H32N6O2/c1-18-12-15-30(28-18)16-13-23(32)31-14-6-5-7-22(31)24-21(17-26-25(27-24)29(2)3)19-8-10-20(33-4)11-9-19/h8-12,15,17,22H,5-7,13-14,16H2,1-4H3/t22-/m0/s1. The Morgan fingerprint density at radius 1 is 1.18 bits per heavy atom. The van der Waals surface area contributed by atoms with Crippen molar-refractivity contribution in [1.29, 1.82) is 0 Å². The molecule has 33 heavy (non-hydrogen) atoms. The number of hydrogen-bond donors (Lipinski definition) is 0. The highest BCUT2D eigenvalue weighted by Gasteiger charge is 2.31. The molecule has 1 aliphatic rings. The molecule has 0 radical (unpaired) electrons. The number of likely N-dealkylation sites (tertiary alicyclic amines) is 1. The maximum Gasteiger partial charge on any atom is 0.225 e. The van der Waals surface area contributed by atoms with E-state index in [0.29, 0.717) is 18.9 Å². The molecule has 0 bridgehead atoms. The molecule has 3 aromatic rings. The number of aryl methyl sites for hydroxylation is 2. The smallest absolute Gasteiger partial charge is 0.225 e. The number of benzene rings is 1. The second kappa shape index (κ2) is 10.0. The van der Waals surface area contributed by atoms with Gasteiger partial charge in [-0.2, -0.15) is 5.10 Å². The Balaban J connectivity index is 1.65. The zero-order valence-electron chi connectivity index (χ0n) is 19.9. The van der Waals surface area contributed by atoms with E-state index in [0.717, 1.165) is 54.1 Å². The molecule has 1 aliphatic heterocycles. The summed E-state index contributed by atoms with van der Waals surface area (Å²) in [5.41, 5.74) is 3.83. The molecule has 1 atom stereocenters. The van der Waals surface area contributed by atoms with E-state index in [1.54, 1.807) is 7.11 Å². The second-order valence-corrected chi connectivity index (χ2v) is 8.66. The van der Waals surface area contributed by atoms with Crippen LogP contribution in [0.1, 0.15) is 43.1 Å². The first kappa shape index (κ1) is 22.8. The lowest BCUT2D eigenvalue weighted by molar-refractivity contribution is -0.135. The monoisotopic (exact) mass is 448 g/mol. The van der Waals surface area contributed by atoms with Gasteiger partial charge >= 0.3 is 0 Å². The molecule has 8 nitrogen and oxygen atoms in total. The van der Waals surface area contributed by atoms with Crippen molar-refractivity contribution in [2.24, 2.45) is 0 Å². The topological polar surface area (TPSA) is 76.4 Å². The molecule has 0 spiro atoms. The number of hydrogen-bond acceptors (Lipinski definition) is 6. The van der Waals surface area contributed by atoms with Crippen LogP contribution in [0.4, 0.5) is 5.95 Å². The summed E-state index contributed by atoms with van der Waals surface area (Å²) in [7, 11) is 5.52. The third-order valence-electron chi connectivity index (χ3n) is 6.07. The van der Waals surface area contributed by atoms with Gasteiger partial charge in [-0.1, -0.05) is 12.1 Å². The molecule has 3 heterocycles. The van der Waals surface area contributed by atoms with E-state index < -0.39 is 0 Å². The van der Waals surface area contributed by atoms with Crippen LogP contribution in [-0.4, -0.2) is 58.3 Å². The number of carbonyl (C=O) groups excluding carboxylic acids is 1. The van der Waals surface area contributed by atoms with E-state index >= 15 is 0 Å². The maximum absolute atomic E-state index is 13.3. The van der Waals surface area contributed by atoms with Crippen molar-refractivity contribution in [3.63, 3.8) is 0 Å². The molecular weight excluding hydrogens is 416 g/mol. The number of piperidine rings is 1. The van der Waals surface area contributed by atoms with Crippen molar-refractivity contribution < 1.29 is 9.53 Å². The Hall–Kier alpha value is -3.42. The van der Waals surface area contributed by atoms with E-state index in [-0.39, 0.29) is 11.9 Å². The first-order chi connectivity index (χ1) is 16.0. The third kappa shape index (κ3) is 5.16. The molecule has 1 amide bonds. The van der Waals surface area contributed by atoms with Gasteiger partial charge in [0.25, 0.3) is 0 Å². The number of carbonyl (C=O) groups is 1. The first-order valence-corrected chi connectivity index (χ1v) is 11.4. The van der Waals surface area contributed by atoms with Crippen molar-refractivity contribution in [1.82, 2.24) is 24.6 Å². The second-order valence-electron chi connectivity index (χ2n) is 8.66. The maximum atomic E-state index is 13.3. The van der Waals surface area contributed by atoms with Gasteiger partial charge in [0.15, 0.2) is 0 Å². The molecule has 174 valence electrons. The number of anilines is 1. The number of ether oxygens (including phenoxy) is 1. The number of aromatic nitrogens is 4. The summed E-state index contributed by atoms with van der Waals surface area (Å²) in [6.45, 7) is 3.27. The zero-order valence-corrected chi connectivity index (χ0v) is 19.9. The average Bonchev–Trinajstić information content (AvgIpc) is 3.27. The molecule has 1 fully saturated rings. The first-order valence-electron chi connectivity index (χ1n) is 11.4. The van der Waals surface area contributed by atoms with Crippen molar-refractivity contribution in [2.45, 2.75) is 45.2 Å². The van der Waals surface area contributed by atoms with Crippen LogP contribution >= 0.6 is 0 Å². The highest BCUT2D eigenvalue weighted by atomic mass is 16.5. The van der Waals surface area contributed by atoms with Crippen LogP contribution in [0.15, 0.2) is 42.7 Å². The fraction of sp³-hybridized carbons (Fsp3) is 0.440. The van der Waals surface area contributed by atoms with Gasteiger partial charge in [-0.3, -0.25) is 9.48 Å². The zero-order chi connectivity index (χ0) is 23.4. The Morgan fingerprint density at radius 2 is 1.97 bits per heavy atom. The minimum absolute atomic E-state index is 0.0793. The van der Waals surface area contributed by atoms with Crippen LogP contribution in [-0.2, 0) is 11.3 Å². The van der Waals surface area contributed by atoms with Gasteiger partial charge in [0, 0.05) is 51.6 Å². The largest absolute Gasteiger partial charge is 0.497 e. The summed E-state index contributed by atoms with van der Waals surface area (Å²) in [5.74, 6) is 1.58. The molecule has 8 heteroatoms. The highest BCUT2D eigenvalue weighted by molar-refractivity contribution is 5.77. The highest BCUT2D eigenvalue weighted by Crippen LogP contribution is 2.37. The van der Waals surface area contributed by atoms with Crippen LogP contribution < -0.4 is 9.64 Å². The van der Waals surface area contributed by atoms with Gasteiger partial charge in [-0.15, -0.1) is 0 Å². The molecule has 0 unspecified atom stereocenters. The van der Waals surface area contributed by atoms with Crippen molar-refractivity contribution in [3.8, 4) is 16.9 Å². The summed E-state index contributed by atoms with van der Waals surface area (Å²) < 4.78 is 7.15. The molecule has 0 N–H and O–H groups in total. The summed E-state index contributed by atoms with van der Waals surface area (Å²) >= 11 is 0. The van der Waals surface area contributed by atoms with Crippen LogP contribution in [0.5, 0.6) is 5.75 Å². The lowest BCUT2D eigenvalue weighted by Gasteiger charge is -2.36. The molecule has 2 aromatic heterocycles. The van der Waals surface area contributed by atoms with Crippen molar-refractivity contribution in [3.05, 3.63) is 54.1 Å². The predicted molar refractivity (Wildman–Crippen MR) is 128 cm³/mol. The van der Waals surface area contributed by atoms with E-state index in [1.807, 2.05) is 78.2 Å². The van der Waals surface area contributed by atoms with Crippen LogP contribution in [0.2, 0.25) is 0 Å². The number of nitrogens with zero attached hydrogens (tertiary/aromatic N) is 6. The summed E-state index contributed by atoms with van der Waals surface area (Å²) in [6.07, 6.45) is 7.18. The number of rotatable bonds is 7. The third-order valence-corrected chi connectivity index (χ3v) is 6.07. The summed E-state index contributed by atoms with van der Waals surface area (Å²) in [5, 5.41) is 4.41. The normalized spacial score (nSPS) is 16.0. The van der Waals surface area contributed by atoms with E-state index in [1.165, 1.54) is 0 Å². The number of amides is 1. The van der Waals surface area contributed by atoms with Crippen LogP contribution in [0.25, 0.3) is 11.1 Å². The quantitative estimate of drug-likeness (QED) is 0.546. The molecular formula is C25H32N6O2. The molecule has 1 saturated heterocycles. The molecule has 0 aliphatic carbocycles. The average molecular weight is 449 g/mol. The SMILES string of the molecule is COc1ccc(-c2cnc(N(C)C)nc2[C@@H]2CCCCN2C(=O)CCn2ccc(C)n2)cc1. The Morgan fingerprint density at radius 3 is 2.64 bits per heavy atom. The minimum atomic E-state index is -0.0793. The van der Waals surface area contributed by atoms with Gasteiger partial charge in [0.2, 0.25) is 11.9 Å². The Kier molecular flexibility index (Phi) is 6.91. The van der Waals surface area contributed by atoms with E-state index in [9.17, 15) is 4.79 Å². The van der Waals surface area contributed by atoms with E-state index in [2.05, 4.69) is 10.1 Å². The summed E-state index contributed by atoms with van der Waals surface area (Å²) in [6, 6.07) is 9.80. The summed E-state index contributed by atoms with van der Waals surface area (Å²) in [4.78, 5) is 26.7. The fourth-order valence-electron chi connectivity index (χ4n) is 4.30. The molecule has 4 rings (SSSR count). The fourth-order valence-corrected chi connectivity index (χ4v) is 4.30. The number of methoxy groups -OCH3 is 1. The van der Waals surface area contributed by atoms with Gasteiger partial charge < -0.3 is 14.5 Å². The molecule has 1 aromatic carbocycles. The van der Waals surface area contributed by atoms with E-state index in [4.69, 9.17) is 9.72 Å². The lowest BCUT2D eigenvalue weighted by Crippen LogP contribution is -2.39. The minimum Gasteiger partial charge on any atom is -0.497 e. The van der Waals surface area contributed by atoms with Crippen LogP contribution in [0, 0.1) is 6.92 Å². The molecule has 0 saturated carbocycles. The van der Waals surface area contributed by atoms with Gasteiger partial charge in [0.1, 0.15) is 5.75 Å². The Labute approximate surface area is 195 Å².